The molecule has 0 N–H and O–H groups in total. The molecule has 0 spiro atoms. The minimum absolute atomic E-state index is 0.191. The standard InChI is InChI=1S/C24H17N3O2/c28-22(19-10-7-15-25-16-19)14-13-20-17-27(21-11-5-2-6-12-21)26-23(20)24(29)18-8-3-1-4-9-18/h1-17H. The second kappa shape index (κ2) is 8.27. The third-order valence-electron chi connectivity index (χ3n) is 4.37. The van der Waals surface area contributed by atoms with Crippen molar-refractivity contribution in [1.29, 1.82) is 0 Å². The van der Waals surface area contributed by atoms with E-state index in [2.05, 4.69) is 10.1 Å². The molecule has 0 radical (unpaired) electrons. The maximum absolute atomic E-state index is 13.0. The fourth-order valence-corrected chi connectivity index (χ4v) is 2.90. The summed E-state index contributed by atoms with van der Waals surface area (Å²) in [4.78, 5) is 29.4. The highest BCUT2D eigenvalue weighted by Crippen LogP contribution is 2.18. The summed E-state index contributed by atoms with van der Waals surface area (Å²) in [6, 6.07) is 21.9. The third-order valence-corrected chi connectivity index (χ3v) is 4.37. The molecule has 29 heavy (non-hydrogen) atoms. The van der Waals surface area contributed by atoms with E-state index in [0.717, 1.165) is 5.69 Å². The second-order valence-corrected chi connectivity index (χ2v) is 6.35. The van der Waals surface area contributed by atoms with Crippen LogP contribution < -0.4 is 0 Å². The minimum Gasteiger partial charge on any atom is -0.289 e. The van der Waals surface area contributed by atoms with Crippen LogP contribution in [0.2, 0.25) is 0 Å². The summed E-state index contributed by atoms with van der Waals surface area (Å²) < 4.78 is 1.64. The van der Waals surface area contributed by atoms with E-state index in [1.54, 1.807) is 47.4 Å². The first-order valence-corrected chi connectivity index (χ1v) is 9.09. The summed E-state index contributed by atoms with van der Waals surface area (Å²) in [6.07, 6.45) is 7.93. The summed E-state index contributed by atoms with van der Waals surface area (Å²) >= 11 is 0. The van der Waals surface area contributed by atoms with Gasteiger partial charge in [0.1, 0.15) is 5.69 Å². The van der Waals surface area contributed by atoms with Gasteiger partial charge >= 0.3 is 0 Å². The maximum Gasteiger partial charge on any atom is 0.213 e. The van der Waals surface area contributed by atoms with Crippen LogP contribution in [-0.2, 0) is 0 Å². The zero-order chi connectivity index (χ0) is 20.1. The molecule has 0 saturated carbocycles. The Bertz CT molecular complexity index is 1160. The number of rotatable bonds is 6. The van der Waals surface area contributed by atoms with E-state index in [9.17, 15) is 9.59 Å². The van der Waals surface area contributed by atoms with Crippen LogP contribution in [0.3, 0.4) is 0 Å². The summed E-state index contributed by atoms with van der Waals surface area (Å²) in [5.41, 5.74) is 2.71. The first kappa shape index (κ1) is 18.3. The predicted octanol–water partition coefficient (Wildman–Crippen LogP) is 4.39. The van der Waals surface area contributed by atoms with Gasteiger partial charge in [0.2, 0.25) is 5.78 Å². The van der Waals surface area contributed by atoms with Gasteiger partial charge in [-0.2, -0.15) is 5.10 Å². The van der Waals surface area contributed by atoms with Crippen molar-refractivity contribution in [2.75, 3.05) is 0 Å². The summed E-state index contributed by atoms with van der Waals surface area (Å²) in [7, 11) is 0. The largest absolute Gasteiger partial charge is 0.289 e. The van der Waals surface area contributed by atoms with Crippen molar-refractivity contribution in [2.24, 2.45) is 0 Å². The Hall–Kier alpha value is -4.12. The molecule has 0 fully saturated rings. The number of nitrogens with zero attached hydrogens (tertiary/aromatic N) is 3. The monoisotopic (exact) mass is 379 g/mol. The molecule has 0 amide bonds. The normalized spacial score (nSPS) is 10.9. The number of pyridine rings is 1. The number of hydrogen-bond donors (Lipinski definition) is 0. The third kappa shape index (κ3) is 4.09. The number of carbonyl (C=O) groups excluding carboxylic acids is 2. The van der Waals surface area contributed by atoms with E-state index in [4.69, 9.17) is 0 Å². The number of benzene rings is 2. The quantitative estimate of drug-likeness (QED) is 0.368. The summed E-state index contributed by atoms with van der Waals surface area (Å²) in [5.74, 6) is -0.391. The van der Waals surface area contributed by atoms with Crippen LogP contribution in [0.25, 0.3) is 11.8 Å². The van der Waals surface area contributed by atoms with Crippen LogP contribution in [0.5, 0.6) is 0 Å². The highest BCUT2D eigenvalue weighted by molar-refractivity contribution is 6.11. The SMILES string of the molecule is O=C(C=Cc1cn(-c2ccccc2)nc1C(=O)c1ccccc1)c1cccnc1. The molecule has 5 heteroatoms. The Balaban J connectivity index is 1.73. The lowest BCUT2D eigenvalue weighted by molar-refractivity contribution is 0.102. The van der Waals surface area contributed by atoms with Gasteiger partial charge in [0.05, 0.1) is 5.69 Å². The van der Waals surface area contributed by atoms with Gasteiger partial charge in [0.25, 0.3) is 0 Å². The first-order chi connectivity index (χ1) is 14.2. The lowest BCUT2D eigenvalue weighted by Crippen LogP contribution is -2.05. The molecule has 0 aliphatic heterocycles. The zero-order valence-electron chi connectivity index (χ0n) is 15.5. The van der Waals surface area contributed by atoms with E-state index in [0.29, 0.717) is 16.7 Å². The number of allylic oxidation sites excluding steroid dienone is 1. The lowest BCUT2D eigenvalue weighted by atomic mass is 10.0. The highest BCUT2D eigenvalue weighted by atomic mass is 16.1. The molecule has 2 aromatic heterocycles. The first-order valence-electron chi connectivity index (χ1n) is 9.09. The van der Waals surface area contributed by atoms with Crippen LogP contribution in [0.15, 0.2) is 97.5 Å². The zero-order valence-corrected chi connectivity index (χ0v) is 15.5. The van der Waals surface area contributed by atoms with Gasteiger partial charge in [-0.1, -0.05) is 48.5 Å². The molecule has 0 saturated heterocycles. The molecule has 5 nitrogen and oxygen atoms in total. The second-order valence-electron chi connectivity index (χ2n) is 6.35. The van der Waals surface area contributed by atoms with E-state index in [-0.39, 0.29) is 17.3 Å². The molecule has 2 aromatic carbocycles. The van der Waals surface area contributed by atoms with Crippen LogP contribution in [0, 0.1) is 0 Å². The molecule has 0 unspecified atom stereocenters. The molecule has 0 aliphatic carbocycles. The molecule has 0 atom stereocenters. The maximum atomic E-state index is 13.0. The summed E-state index contributed by atoms with van der Waals surface area (Å²) in [5, 5.41) is 4.50. The number of ketones is 2. The van der Waals surface area contributed by atoms with Crippen LogP contribution in [0.1, 0.15) is 32.0 Å². The van der Waals surface area contributed by atoms with Crippen molar-refractivity contribution in [2.45, 2.75) is 0 Å². The summed E-state index contributed by atoms with van der Waals surface area (Å²) in [6.45, 7) is 0. The molecule has 4 rings (SSSR count). The van der Waals surface area contributed by atoms with Gasteiger partial charge in [-0.05, 0) is 36.4 Å². The highest BCUT2D eigenvalue weighted by Gasteiger charge is 2.18. The van der Waals surface area contributed by atoms with Gasteiger partial charge in [0.15, 0.2) is 5.78 Å². The van der Waals surface area contributed by atoms with E-state index in [1.807, 2.05) is 48.5 Å². The van der Waals surface area contributed by atoms with Crippen molar-refractivity contribution in [3.05, 3.63) is 120 Å². The van der Waals surface area contributed by atoms with Gasteiger partial charge < -0.3 is 0 Å². The smallest absolute Gasteiger partial charge is 0.213 e. The van der Waals surface area contributed by atoms with Crippen molar-refractivity contribution < 1.29 is 9.59 Å². The minimum atomic E-state index is -0.200. The lowest BCUT2D eigenvalue weighted by Gasteiger charge is -2.00. The molecule has 4 aromatic rings. The topological polar surface area (TPSA) is 64.8 Å². The molecule has 140 valence electrons. The van der Waals surface area contributed by atoms with Crippen LogP contribution >= 0.6 is 0 Å². The number of hydrogen-bond acceptors (Lipinski definition) is 4. The fourth-order valence-electron chi connectivity index (χ4n) is 2.90. The molecular formula is C24H17N3O2. The Morgan fingerprint density at radius 3 is 2.21 bits per heavy atom. The molecule has 2 heterocycles. The number of carbonyl (C=O) groups is 2. The van der Waals surface area contributed by atoms with Gasteiger partial charge in [-0.15, -0.1) is 0 Å². The van der Waals surface area contributed by atoms with Crippen LogP contribution in [0.4, 0.5) is 0 Å². The van der Waals surface area contributed by atoms with Gasteiger partial charge in [-0.25, -0.2) is 4.68 Å². The van der Waals surface area contributed by atoms with Gasteiger partial charge in [-0.3, -0.25) is 14.6 Å². The molecule has 0 bridgehead atoms. The van der Waals surface area contributed by atoms with Crippen molar-refractivity contribution in [3.8, 4) is 5.69 Å². The van der Waals surface area contributed by atoms with E-state index in [1.165, 1.54) is 12.3 Å². The number of aromatic nitrogens is 3. The van der Waals surface area contributed by atoms with Crippen LogP contribution in [-0.4, -0.2) is 26.3 Å². The fraction of sp³-hybridized carbons (Fsp3) is 0. The number of para-hydroxylation sites is 1. The van der Waals surface area contributed by atoms with E-state index >= 15 is 0 Å². The van der Waals surface area contributed by atoms with Crippen molar-refractivity contribution in [3.63, 3.8) is 0 Å². The Morgan fingerprint density at radius 2 is 1.52 bits per heavy atom. The Kier molecular flexibility index (Phi) is 5.21. The van der Waals surface area contributed by atoms with Crippen molar-refractivity contribution in [1.82, 2.24) is 14.8 Å². The predicted molar refractivity (Wildman–Crippen MR) is 111 cm³/mol. The van der Waals surface area contributed by atoms with Gasteiger partial charge in [0, 0.05) is 35.3 Å². The average Bonchev–Trinajstić information content (AvgIpc) is 3.23. The van der Waals surface area contributed by atoms with E-state index < -0.39 is 0 Å². The average molecular weight is 379 g/mol. The Labute approximate surface area is 168 Å². The Morgan fingerprint density at radius 1 is 0.828 bits per heavy atom. The van der Waals surface area contributed by atoms with Crippen molar-refractivity contribution >= 4 is 17.6 Å². The molecule has 0 aliphatic rings. The molecular weight excluding hydrogens is 362 g/mol.